The van der Waals surface area contributed by atoms with Crippen molar-refractivity contribution in [2.24, 2.45) is 10.8 Å². The largest absolute Gasteiger partial charge is 0.355 e. The standard InChI is InChI=1S/C14H26N2O.ClH/c1-3-14(6-4-5-7-14)11-16-12(17)13(2)8-9-15-10-13;/h15H,3-11H2,1-2H3,(H,16,17);1H. The molecule has 2 fully saturated rings. The fourth-order valence-electron chi connectivity index (χ4n) is 3.27. The Morgan fingerprint density at radius 1 is 1.28 bits per heavy atom. The van der Waals surface area contributed by atoms with Crippen molar-refractivity contribution in [3.05, 3.63) is 0 Å². The zero-order valence-corrected chi connectivity index (χ0v) is 12.5. The molecule has 18 heavy (non-hydrogen) atoms. The Morgan fingerprint density at radius 3 is 2.44 bits per heavy atom. The minimum Gasteiger partial charge on any atom is -0.355 e. The van der Waals surface area contributed by atoms with Gasteiger partial charge in [-0.05, 0) is 44.6 Å². The number of hydrogen-bond donors (Lipinski definition) is 2. The zero-order valence-electron chi connectivity index (χ0n) is 11.7. The van der Waals surface area contributed by atoms with Crippen molar-refractivity contribution in [3.8, 4) is 0 Å². The van der Waals surface area contributed by atoms with Gasteiger partial charge in [0.2, 0.25) is 5.91 Å². The highest BCUT2D eigenvalue weighted by molar-refractivity contribution is 5.85. The summed E-state index contributed by atoms with van der Waals surface area (Å²) in [5, 5.41) is 6.50. The monoisotopic (exact) mass is 274 g/mol. The SMILES string of the molecule is CCC1(CNC(=O)C2(C)CCNC2)CCCC1.Cl. The molecule has 1 saturated carbocycles. The van der Waals surface area contributed by atoms with Gasteiger partial charge < -0.3 is 10.6 Å². The number of halogens is 1. The van der Waals surface area contributed by atoms with E-state index < -0.39 is 0 Å². The van der Waals surface area contributed by atoms with Crippen LogP contribution < -0.4 is 10.6 Å². The van der Waals surface area contributed by atoms with Crippen LogP contribution in [0.4, 0.5) is 0 Å². The summed E-state index contributed by atoms with van der Waals surface area (Å²) in [5.74, 6) is 0.252. The summed E-state index contributed by atoms with van der Waals surface area (Å²) < 4.78 is 0. The zero-order chi connectivity index (χ0) is 12.4. The summed E-state index contributed by atoms with van der Waals surface area (Å²) in [6.07, 6.45) is 7.42. The topological polar surface area (TPSA) is 41.1 Å². The maximum Gasteiger partial charge on any atom is 0.227 e. The quantitative estimate of drug-likeness (QED) is 0.827. The van der Waals surface area contributed by atoms with E-state index in [2.05, 4.69) is 24.5 Å². The van der Waals surface area contributed by atoms with Crippen molar-refractivity contribution in [1.29, 1.82) is 0 Å². The van der Waals surface area contributed by atoms with Crippen LogP contribution in [-0.4, -0.2) is 25.5 Å². The Balaban J connectivity index is 0.00000162. The lowest BCUT2D eigenvalue weighted by atomic mass is 9.82. The van der Waals surface area contributed by atoms with Gasteiger partial charge in [-0.25, -0.2) is 0 Å². The van der Waals surface area contributed by atoms with Gasteiger partial charge in [0.15, 0.2) is 0 Å². The first-order valence-corrected chi connectivity index (χ1v) is 7.09. The Morgan fingerprint density at radius 2 is 1.94 bits per heavy atom. The molecule has 0 radical (unpaired) electrons. The highest BCUT2D eigenvalue weighted by Gasteiger charge is 2.38. The highest BCUT2D eigenvalue weighted by atomic mass is 35.5. The molecule has 106 valence electrons. The minimum absolute atomic E-state index is 0. The van der Waals surface area contributed by atoms with Gasteiger partial charge in [0.25, 0.3) is 0 Å². The average molecular weight is 275 g/mol. The minimum atomic E-state index is -0.173. The first-order valence-electron chi connectivity index (χ1n) is 7.09. The Labute approximate surface area is 117 Å². The summed E-state index contributed by atoms with van der Waals surface area (Å²) in [4.78, 5) is 12.2. The maximum absolute atomic E-state index is 12.2. The van der Waals surface area contributed by atoms with E-state index in [0.717, 1.165) is 26.1 Å². The van der Waals surface area contributed by atoms with E-state index in [4.69, 9.17) is 0 Å². The Kier molecular flexibility index (Phi) is 5.47. The third-order valence-corrected chi connectivity index (χ3v) is 4.96. The molecule has 2 rings (SSSR count). The molecule has 0 spiro atoms. The molecular weight excluding hydrogens is 248 g/mol. The molecule has 0 aromatic carbocycles. The lowest BCUT2D eigenvalue weighted by Gasteiger charge is -2.30. The van der Waals surface area contributed by atoms with Gasteiger partial charge in [-0.3, -0.25) is 4.79 Å². The molecule has 1 aliphatic carbocycles. The molecule has 1 aliphatic heterocycles. The van der Waals surface area contributed by atoms with Gasteiger partial charge in [-0.2, -0.15) is 0 Å². The van der Waals surface area contributed by atoms with Crippen LogP contribution >= 0.6 is 12.4 Å². The summed E-state index contributed by atoms with van der Waals surface area (Å²) in [6, 6.07) is 0. The fourth-order valence-corrected chi connectivity index (χ4v) is 3.27. The summed E-state index contributed by atoms with van der Waals surface area (Å²) in [7, 11) is 0. The number of rotatable bonds is 4. The van der Waals surface area contributed by atoms with E-state index in [1.54, 1.807) is 0 Å². The van der Waals surface area contributed by atoms with Gasteiger partial charge in [0, 0.05) is 13.1 Å². The number of nitrogens with one attached hydrogen (secondary N) is 2. The van der Waals surface area contributed by atoms with Crippen LogP contribution in [0.3, 0.4) is 0 Å². The molecular formula is C14H27ClN2O. The molecule has 1 atom stereocenters. The van der Waals surface area contributed by atoms with Crippen LogP contribution in [0.1, 0.15) is 52.4 Å². The Bertz CT molecular complexity index is 282. The van der Waals surface area contributed by atoms with E-state index >= 15 is 0 Å². The molecule has 1 amide bonds. The number of carbonyl (C=O) groups excluding carboxylic acids is 1. The van der Waals surface area contributed by atoms with E-state index in [1.165, 1.54) is 32.1 Å². The second kappa shape index (κ2) is 6.25. The third kappa shape index (κ3) is 3.18. The predicted octanol–water partition coefficient (Wildman–Crippen LogP) is 2.49. The van der Waals surface area contributed by atoms with Crippen LogP contribution in [0.2, 0.25) is 0 Å². The molecule has 1 unspecified atom stereocenters. The maximum atomic E-state index is 12.2. The van der Waals surface area contributed by atoms with Crippen molar-refractivity contribution in [1.82, 2.24) is 10.6 Å². The first kappa shape index (κ1) is 15.8. The fraction of sp³-hybridized carbons (Fsp3) is 0.929. The van der Waals surface area contributed by atoms with Gasteiger partial charge >= 0.3 is 0 Å². The summed E-state index contributed by atoms with van der Waals surface area (Å²) in [5.41, 5.74) is 0.228. The predicted molar refractivity (Wildman–Crippen MR) is 77.0 cm³/mol. The van der Waals surface area contributed by atoms with Crippen molar-refractivity contribution < 1.29 is 4.79 Å². The van der Waals surface area contributed by atoms with E-state index in [-0.39, 0.29) is 23.7 Å². The first-order chi connectivity index (χ1) is 8.10. The molecule has 3 nitrogen and oxygen atoms in total. The molecule has 0 aromatic heterocycles. The van der Waals surface area contributed by atoms with Crippen LogP contribution in [0.15, 0.2) is 0 Å². The molecule has 1 heterocycles. The normalized spacial score (nSPS) is 29.9. The van der Waals surface area contributed by atoms with Gasteiger partial charge in [0.05, 0.1) is 5.41 Å². The van der Waals surface area contributed by atoms with Crippen molar-refractivity contribution >= 4 is 18.3 Å². The lowest BCUT2D eigenvalue weighted by molar-refractivity contribution is -0.129. The molecule has 0 aromatic rings. The second-order valence-corrected chi connectivity index (χ2v) is 6.23. The number of carbonyl (C=O) groups is 1. The smallest absolute Gasteiger partial charge is 0.227 e. The van der Waals surface area contributed by atoms with Crippen molar-refractivity contribution in [2.45, 2.75) is 52.4 Å². The van der Waals surface area contributed by atoms with Gasteiger partial charge in [-0.15, -0.1) is 12.4 Å². The molecule has 4 heteroatoms. The van der Waals surface area contributed by atoms with Crippen LogP contribution in [0.25, 0.3) is 0 Å². The second-order valence-electron chi connectivity index (χ2n) is 6.23. The van der Waals surface area contributed by atoms with Gasteiger partial charge in [0.1, 0.15) is 0 Å². The number of hydrogen-bond acceptors (Lipinski definition) is 2. The van der Waals surface area contributed by atoms with Crippen molar-refractivity contribution in [3.63, 3.8) is 0 Å². The summed E-state index contributed by atoms with van der Waals surface area (Å²) >= 11 is 0. The van der Waals surface area contributed by atoms with Gasteiger partial charge in [-0.1, -0.05) is 19.8 Å². The van der Waals surface area contributed by atoms with E-state index in [1.807, 2.05) is 0 Å². The third-order valence-electron chi connectivity index (χ3n) is 4.96. The average Bonchev–Trinajstić information content (AvgIpc) is 2.96. The Hall–Kier alpha value is -0.280. The molecule has 0 bridgehead atoms. The van der Waals surface area contributed by atoms with E-state index in [0.29, 0.717) is 5.41 Å². The molecule has 2 aliphatic rings. The molecule has 2 N–H and O–H groups in total. The van der Waals surface area contributed by atoms with Crippen LogP contribution in [-0.2, 0) is 4.79 Å². The highest BCUT2D eigenvalue weighted by Crippen LogP contribution is 2.40. The van der Waals surface area contributed by atoms with Crippen LogP contribution in [0, 0.1) is 10.8 Å². The lowest BCUT2D eigenvalue weighted by Crippen LogP contribution is -2.44. The van der Waals surface area contributed by atoms with E-state index in [9.17, 15) is 4.79 Å². The number of amides is 1. The molecule has 1 saturated heterocycles. The van der Waals surface area contributed by atoms with Crippen molar-refractivity contribution in [2.75, 3.05) is 19.6 Å². The summed E-state index contributed by atoms with van der Waals surface area (Å²) in [6.45, 7) is 7.03. The van der Waals surface area contributed by atoms with Crippen LogP contribution in [0.5, 0.6) is 0 Å².